The van der Waals surface area contributed by atoms with Crippen molar-refractivity contribution in [3.8, 4) is 45.4 Å². The molecule has 2 aromatic heterocycles. The molecule has 0 spiro atoms. The SMILES string of the molecule is c1ccc(-c2nc(-c3ccccc3)nc(-c3cccc(-c4ccccn4)c3)n2)cc1. The van der Waals surface area contributed by atoms with Gasteiger partial charge in [-0.05, 0) is 18.2 Å². The average Bonchev–Trinajstić information content (AvgIpc) is 2.85. The maximum atomic E-state index is 4.79. The summed E-state index contributed by atoms with van der Waals surface area (Å²) in [5.74, 6) is 1.95. The second-order valence-corrected chi connectivity index (χ2v) is 6.83. The fraction of sp³-hybridized carbons (Fsp3) is 0. The fourth-order valence-corrected chi connectivity index (χ4v) is 3.29. The average molecular weight is 386 g/mol. The number of nitrogens with zero attached hydrogens (tertiary/aromatic N) is 4. The van der Waals surface area contributed by atoms with E-state index in [2.05, 4.69) is 11.1 Å². The molecule has 0 aliphatic heterocycles. The zero-order valence-corrected chi connectivity index (χ0v) is 16.2. The highest BCUT2D eigenvalue weighted by Crippen LogP contribution is 2.27. The van der Waals surface area contributed by atoms with E-state index in [9.17, 15) is 0 Å². The molecule has 2 heterocycles. The van der Waals surface area contributed by atoms with Crippen LogP contribution in [0, 0.1) is 0 Å². The van der Waals surface area contributed by atoms with Crippen molar-refractivity contribution in [1.82, 2.24) is 19.9 Å². The van der Waals surface area contributed by atoms with Gasteiger partial charge in [-0.2, -0.15) is 0 Å². The second-order valence-electron chi connectivity index (χ2n) is 6.83. The van der Waals surface area contributed by atoms with Gasteiger partial charge in [0.15, 0.2) is 17.5 Å². The summed E-state index contributed by atoms with van der Waals surface area (Å²) in [5, 5.41) is 0. The lowest BCUT2D eigenvalue weighted by Gasteiger charge is -2.09. The highest BCUT2D eigenvalue weighted by molar-refractivity contribution is 5.70. The van der Waals surface area contributed by atoms with Crippen molar-refractivity contribution in [1.29, 1.82) is 0 Å². The highest BCUT2D eigenvalue weighted by Gasteiger charge is 2.12. The van der Waals surface area contributed by atoms with Crippen LogP contribution < -0.4 is 0 Å². The van der Waals surface area contributed by atoms with E-state index in [0.717, 1.165) is 27.9 Å². The first-order valence-electron chi connectivity index (χ1n) is 9.75. The Labute approximate surface area is 175 Å². The lowest BCUT2D eigenvalue weighted by Crippen LogP contribution is -2.00. The molecule has 0 N–H and O–H groups in total. The maximum absolute atomic E-state index is 4.79. The Morgan fingerprint density at radius 1 is 0.400 bits per heavy atom. The Balaban J connectivity index is 1.67. The van der Waals surface area contributed by atoms with Gasteiger partial charge in [-0.25, -0.2) is 15.0 Å². The topological polar surface area (TPSA) is 51.6 Å². The molecular weight excluding hydrogens is 368 g/mol. The van der Waals surface area contributed by atoms with Gasteiger partial charge >= 0.3 is 0 Å². The van der Waals surface area contributed by atoms with Gasteiger partial charge in [-0.1, -0.05) is 84.9 Å². The highest BCUT2D eigenvalue weighted by atomic mass is 15.0. The predicted molar refractivity (Wildman–Crippen MR) is 119 cm³/mol. The standard InChI is InChI=1S/C26H18N4/c1-3-10-19(11-4-1)24-28-25(20-12-5-2-6-13-20)30-26(29-24)22-15-9-14-21(18-22)23-16-7-8-17-27-23/h1-18H. The summed E-state index contributed by atoms with van der Waals surface area (Å²) in [4.78, 5) is 18.8. The minimum absolute atomic E-state index is 0.639. The zero-order chi connectivity index (χ0) is 20.2. The molecule has 0 atom stereocenters. The van der Waals surface area contributed by atoms with Gasteiger partial charge in [0.25, 0.3) is 0 Å². The molecule has 0 amide bonds. The minimum Gasteiger partial charge on any atom is -0.256 e. The van der Waals surface area contributed by atoms with Crippen molar-refractivity contribution in [3.63, 3.8) is 0 Å². The van der Waals surface area contributed by atoms with E-state index in [-0.39, 0.29) is 0 Å². The second kappa shape index (κ2) is 8.05. The van der Waals surface area contributed by atoms with E-state index < -0.39 is 0 Å². The summed E-state index contributed by atoms with van der Waals surface area (Å²) in [6.45, 7) is 0. The largest absolute Gasteiger partial charge is 0.256 e. The molecule has 5 aromatic rings. The molecule has 0 aliphatic carbocycles. The number of pyridine rings is 1. The Morgan fingerprint density at radius 3 is 1.47 bits per heavy atom. The molecule has 0 unspecified atom stereocenters. The van der Waals surface area contributed by atoms with Crippen LogP contribution >= 0.6 is 0 Å². The quantitative estimate of drug-likeness (QED) is 0.384. The van der Waals surface area contributed by atoms with Gasteiger partial charge < -0.3 is 0 Å². The van der Waals surface area contributed by atoms with Gasteiger partial charge in [0.1, 0.15) is 0 Å². The smallest absolute Gasteiger partial charge is 0.164 e. The first-order valence-corrected chi connectivity index (χ1v) is 9.75. The normalized spacial score (nSPS) is 10.7. The van der Waals surface area contributed by atoms with E-state index in [1.54, 1.807) is 6.20 Å². The Kier molecular flexibility index (Phi) is 4.80. The van der Waals surface area contributed by atoms with Crippen LogP contribution in [-0.2, 0) is 0 Å². The monoisotopic (exact) mass is 386 g/mol. The molecule has 0 fully saturated rings. The molecule has 0 radical (unpaired) electrons. The molecule has 0 aliphatic rings. The first kappa shape index (κ1) is 17.9. The minimum atomic E-state index is 0.639. The lowest BCUT2D eigenvalue weighted by molar-refractivity contribution is 1.07. The van der Waals surface area contributed by atoms with Crippen molar-refractivity contribution in [2.45, 2.75) is 0 Å². The number of aromatic nitrogens is 4. The summed E-state index contributed by atoms with van der Waals surface area (Å²) in [5.41, 5.74) is 4.78. The molecule has 142 valence electrons. The Hall–Kier alpha value is -4.18. The fourth-order valence-electron chi connectivity index (χ4n) is 3.29. The third kappa shape index (κ3) is 3.71. The van der Waals surface area contributed by atoms with Gasteiger partial charge in [-0.15, -0.1) is 0 Å². The predicted octanol–water partition coefficient (Wildman–Crippen LogP) is 5.93. The molecule has 3 aromatic carbocycles. The van der Waals surface area contributed by atoms with Crippen molar-refractivity contribution in [2.75, 3.05) is 0 Å². The van der Waals surface area contributed by atoms with E-state index in [1.165, 1.54) is 0 Å². The summed E-state index contributed by atoms with van der Waals surface area (Å²) in [6, 6.07) is 34.0. The maximum Gasteiger partial charge on any atom is 0.164 e. The lowest BCUT2D eigenvalue weighted by atomic mass is 10.1. The van der Waals surface area contributed by atoms with E-state index in [0.29, 0.717) is 17.5 Å². The number of rotatable bonds is 4. The molecule has 0 saturated heterocycles. The number of hydrogen-bond acceptors (Lipinski definition) is 4. The summed E-state index contributed by atoms with van der Waals surface area (Å²) < 4.78 is 0. The summed E-state index contributed by atoms with van der Waals surface area (Å²) in [7, 11) is 0. The molecule has 5 rings (SSSR count). The van der Waals surface area contributed by atoms with Crippen LogP contribution in [0.4, 0.5) is 0 Å². The molecule has 4 nitrogen and oxygen atoms in total. The molecule has 30 heavy (non-hydrogen) atoms. The first-order chi connectivity index (χ1) is 14.9. The van der Waals surface area contributed by atoms with Crippen LogP contribution in [0.3, 0.4) is 0 Å². The van der Waals surface area contributed by atoms with Crippen molar-refractivity contribution >= 4 is 0 Å². The number of hydrogen-bond donors (Lipinski definition) is 0. The van der Waals surface area contributed by atoms with E-state index in [4.69, 9.17) is 15.0 Å². The van der Waals surface area contributed by atoms with E-state index >= 15 is 0 Å². The zero-order valence-electron chi connectivity index (χ0n) is 16.2. The van der Waals surface area contributed by atoms with Gasteiger partial charge in [0, 0.05) is 28.5 Å². The Morgan fingerprint density at radius 2 is 0.900 bits per heavy atom. The molecular formula is C26H18N4. The third-order valence-corrected chi connectivity index (χ3v) is 4.78. The van der Waals surface area contributed by atoms with Crippen LogP contribution in [0.25, 0.3) is 45.4 Å². The van der Waals surface area contributed by atoms with Crippen LogP contribution in [0.5, 0.6) is 0 Å². The van der Waals surface area contributed by atoms with Crippen LogP contribution in [-0.4, -0.2) is 19.9 Å². The van der Waals surface area contributed by atoms with Gasteiger partial charge in [0.05, 0.1) is 5.69 Å². The van der Waals surface area contributed by atoms with Crippen molar-refractivity contribution in [2.24, 2.45) is 0 Å². The van der Waals surface area contributed by atoms with Crippen LogP contribution in [0.2, 0.25) is 0 Å². The summed E-state index contributed by atoms with van der Waals surface area (Å²) >= 11 is 0. The molecule has 4 heteroatoms. The van der Waals surface area contributed by atoms with Gasteiger partial charge in [0.2, 0.25) is 0 Å². The Bertz CT molecular complexity index is 1210. The van der Waals surface area contributed by atoms with Crippen LogP contribution in [0.15, 0.2) is 109 Å². The van der Waals surface area contributed by atoms with Crippen molar-refractivity contribution < 1.29 is 0 Å². The molecule has 0 bridgehead atoms. The summed E-state index contributed by atoms with van der Waals surface area (Å²) in [6.07, 6.45) is 1.80. The van der Waals surface area contributed by atoms with E-state index in [1.807, 2.05) is 97.1 Å². The number of benzene rings is 3. The third-order valence-electron chi connectivity index (χ3n) is 4.78. The van der Waals surface area contributed by atoms with Crippen molar-refractivity contribution in [3.05, 3.63) is 109 Å². The van der Waals surface area contributed by atoms with Crippen LogP contribution in [0.1, 0.15) is 0 Å². The molecule has 0 saturated carbocycles. The van der Waals surface area contributed by atoms with Gasteiger partial charge in [-0.3, -0.25) is 4.98 Å².